The van der Waals surface area contributed by atoms with Gasteiger partial charge in [0.05, 0.1) is 12.7 Å². The molecular weight excluding hydrogens is 366 g/mol. The topological polar surface area (TPSA) is 86.9 Å². The molecule has 4 heterocycles. The van der Waals surface area contributed by atoms with E-state index in [9.17, 15) is 0 Å². The van der Waals surface area contributed by atoms with Gasteiger partial charge in [-0.25, -0.2) is 9.67 Å². The Bertz CT molecular complexity index is 1190. The Morgan fingerprint density at radius 1 is 0.963 bits per heavy atom. The number of imidazole rings is 1. The van der Waals surface area contributed by atoms with Gasteiger partial charge in [-0.1, -0.05) is 40.2 Å². The molecule has 0 unspecified atom stereocenters. The fourth-order valence-corrected chi connectivity index (χ4v) is 2.85. The van der Waals surface area contributed by atoms with Crippen LogP contribution in [0.2, 0.25) is 5.02 Å². The lowest BCUT2D eigenvalue weighted by molar-refractivity contribution is 0.430. The summed E-state index contributed by atoms with van der Waals surface area (Å²) in [5, 5.41) is 12.9. The van der Waals surface area contributed by atoms with E-state index in [2.05, 4.69) is 25.4 Å². The molecule has 0 N–H and O–H groups in total. The first kappa shape index (κ1) is 15.7. The molecule has 0 atom stereocenters. The zero-order valence-corrected chi connectivity index (χ0v) is 14.7. The largest absolute Gasteiger partial charge is 0.332 e. The summed E-state index contributed by atoms with van der Waals surface area (Å²) in [5.41, 5.74) is 3.01. The van der Waals surface area contributed by atoms with E-state index in [1.165, 1.54) is 0 Å². The van der Waals surface area contributed by atoms with Gasteiger partial charge in [0, 0.05) is 17.4 Å². The molecule has 0 aliphatic carbocycles. The number of rotatable bonds is 4. The molecule has 0 aliphatic rings. The third-order valence-corrected chi connectivity index (χ3v) is 4.29. The smallest absolute Gasteiger partial charge is 0.280 e. The Balaban J connectivity index is 1.39. The van der Waals surface area contributed by atoms with Crippen LogP contribution in [0.5, 0.6) is 0 Å². The van der Waals surface area contributed by atoms with Crippen LogP contribution in [-0.4, -0.2) is 34.5 Å². The van der Waals surface area contributed by atoms with E-state index in [4.69, 9.17) is 16.1 Å². The van der Waals surface area contributed by atoms with Crippen molar-refractivity contribution in [1.29, 1.82) is 0 Å². The van der Waals surface area contributed by atoms with Crippen LogP contribution in [0.1, 0.15) is 5.56 Å². The molecule has 5 rings (SSSR count). The van der Waals surface area contributed by atoms with Gasteiger partial charge in [0.25, 0.3) is 5.89 Å². The normalized spacial score (nSPS) is 11.3. The third-order valence-electron chi connectivity index (χ3n) is 4.03. The molecule has 4 aromatic heterocycles. The number of aromatic nitrogens is 7. The molecule has 5 aromatic rings. The first-order valence-corrected chi connectivity index (χ1v) is 8.55. The zero-order chi connectivity index (χ0) is 18.2. The third kappa shape index (κ3) is 3.06. The zero-order valence-electron chi connectivity index (χ0n) is 13.9. The molecule has 0 amide bonds. The maximum Gasteiger partial charge on any atom is 0.280 e. The summed E-state index contributed by atoms with van der Waals surface area (Å²) in [6.07, 6.45) is 5.52. The van der Waals surface area contributed by atoms with Crippen LogP contribution in [-0.2, 0) is 6.54 Å². The van der Waals surface area contributed by atoms with Crippen molar-refractivity contribution in [2.75, 3.05) is 0 Å². The Morgan fingerprint density at radius 2 is 1.85 bits per heavy atom. The molecule has 8 nitrogen and oxygen atoms in total. The monoisotopic (exact) mass is 377 g/mol. The van der Waals surface area contributed by atoms with Gasteiger partial charge in [-0.3, -0.25) is 0 Å². The van der Waals surface area contributed by atoms with Crippen LogP contribution in [0, 0.1) is 0 Å². The number of nitrogens with zero attached hydrogens (tertiary/aromatic N) is 7. The van der Waals surface area contributed by atoms with Crippen molar-refractivity contribution in [3.8, 4) is 23.1 Å². The van der Waals surface area contributed by atoms with E-state index in [1.54, 1.807) is 10.9 Å². The van der Waals surface area contributed by atoms with Crippen LogP contribution in [0.3, 0.4) is 0 Å². The van der Waals surface area contributed by atoms with Crippen molar-refractivity contribution in [3.63, 3.8) is 0 Å². The quantitative estimate of drug-likeness (QED) is 0.477. The average Bonchev–Trinajstić information content (AvgIpc) is 3.42. The molecule has 132 valence electrons. The SMILES string of the molecule is Clc1ccc(Cn2cc(-c3nc(-c4cn5ccccc5n4)no3)nn2)cc1. The number of benzene rings is 1. The van der Waals surface area contributed by atoms with Gasteiger partial charge in [0.2, 0.25) is 5.82 Å². The summed E-state index contributed by atoms with van der Waals surface area (Å²) in [6, 6.07) is 13.3. The summed E-state index contributed by atoms with van der Waals surface area (Å²) in [7, 11) is 0. The average molecular weight is 378 g/mol. The summed E-state index contributed by atoms with van der Waals surface area (Å²) in [5.74, 6) is 0.699. The molecular formula is C18H12ClN7O. The molecule has 0 radical (unpaired) electrons. The van der Waals surface area contributed by atoms with Gasteiger partial charge in [-0.2, -0.15) is 4.98 Å². The molecule has 27 heavy (non-hydrogen) atoms. The van der Waals surface area contributed by atoms with E-state index >= 15 is 0 Å². The van der Waals surface area contributed by atoms with Gasteiger partial charge in [-0.15, -0.1) is 5.10 Å². The van der Waals surface area contributed by atoms with Gasteiger partial charge < -0.3 is 8.92 Å². The van der Waals surface area contributed by atoms with Gasteiger partial charge in [0.1, 0.15) is 11.3 Å². The minimum atomic E-state index is 0.296. The molecule has 1 aromatic carbocycles. The number of hydrogen-bond donors (Lipinski definition) is 0. The summed E-state index contributed by atoms with van der Waals surface area (Å²) >= 11 is 5.91. The van der Waals surface area contributed by atoms with Crippen molar-refractivity contribution in [2.24, 2.45) is 0 Å². The Labute approximate surface area is 158 Å². The van der Waals surface area contributed by atoms with Crippen molar-refractivity contribution >= 4 is 17.2 Å². The van der Waals surface area contributed by atoms with Crippen LogP contribution < -0.4 is 0 Å². The standard InChI is InChI=1S/C18H12ClN7O/c19-13-6-4-12(5-7-13)9-26-11-15(22-24-26)18-21-17(23-27-18)14-10-25-8-2-1-3-16(25)20-14/h1-8,10-11H,9H2. The first-order chi connectivity index (χ1) is 13.2. The van der Waals surface area contributed by atoms with Gasteiger partial charge in [0.15, 0.2) is 5.69 Å². The lowest BCUT2D eigenvalue weighted by Gasteiger charge is -2.00. The fourth-order valence-electron chi connectivity index (χ4n) is 2.72. The highest BCUT2D eigenvalue weighted by Crippen LogP contribution is 2.20. The molecule has 0 fully saturated rings. The molecule has 0 spiro atoms. The molecule has 0 saturated carbocycles. The molecule has 0 bridgehead atoms. The molecule has 0 saturated heterocycles. The molecule has 0 aliphatic heterocycles. The second-order valence-electron chi connectivity index (χ2n) is 5.94. The van der Waals surface area contributed by atoms with Gasteiger partial charge >= 0.3 is 0 Å². The predicted octanol–water partition coefficient (Wildman–Crippen LogP) is 3.34. The maximum absolute atomic E-state index is 5.91. The number of fused-ring (bicyclic) bond motifs is 1. The highest BCUT2D eigenvalue weighted by atomic mass is 35.5. The summed E-state index contributed by atoms with van der Waals surface area (Å²) in [4.78, 5) is 8.88. The van der Waals surface area contributed by atoms with Crippen molar-refractivity contribution in [1.82, 2.24) is 34.5 Å². The Hall–Kier alpha value is -3.52. The number of pyridine rings is 1. The minimum Gasteiger partial charge on any atom is -0.332 e. The Kier molecular flexibility index (Phi) is 3.68. The van der Waals surface area contributed by atoms with Crippen LogP contribution >= 0.6 is 11.6 Å². The van der Waals surface area contributed by atoms with Crippen LogP contribution in [0.4, 0.5) is 0 Å². The van der Waals surface area contributed by atoms with Crippen LogP contribution in [0.15, 0.2) is 65.6 Å². The fraction of sp³-hybridized carbons (Fsp3) is 0.0556. The lowest BCUT2D eigenvalue weighted by Crippen LogP contribution is -1.99. The van der Waals surface area contributed by atoms with Crippen LogP contribution in [0.25, 0.3) is 28.8 Å². The predicted molar refractivity (Wildman–Crippen MR) is 98.1 cm³/mol. The van der Waals surface area contributed by atoms with Crippen molar-refractivity contribution in [3.05, 3.63) is 71.6 Å². The second-order valence-corrected chi connectivity index (χ2v) is 6.38. The van der Waals surface area contributed by atoms with E-state index in [0.29, 0.717) is 34.7 Å². The highest BCUT2D eigenvalue weighted by molar-refractivity contribution is 6.30. The summed E-state index contributed by atoms with van der Waals surface area (Å²) < 4.78 is 8.94. The van der Waals surface area contributed by atoms with Crippen molar-refractivity contribution < 1.29 is 4.52 Å². The summed E-state index contributed by atoms with van der Waals surface area (Å²) in [6.45, 7) is 0.567. The highest BCUT2D eigenvalue weighted by Gasteiger charge is 2.16. The molecule has 9 heteroatoms. The number of hydrogen-bond acceptors (Lipinski definition) is 6. The van der Waals surface area contributed by atoms with Gasteiger partial charge in [-0.05, 0) is 29.8 Å². The minimum absolute atomic E-state index is 0.296. The van der Waals surface area contributed by atoms with E-state index in [0.717, 1.165) is 11.2 Å². The lowest BCUT2D eigenvalue weighted by atomic mass is 10.2. The van der Waals surface area contributed by atoms with E-state index in [-0.39, 0.29) is 0 Å². The maximum atomic E-state index is 5.91. The van der Waals surface area contributed by atoms with E-state index in [1.807, 2.05) is 59.3 Å². The number of halogens is 1. The Morgan fingerprint density at radius 3 is 2.70 bits per heavy atom. The van der Waals surface area contributed by atoms with E-state index < -0.39 is 0 Å². The van der Waals surface area contributed by atoms with Crippen molar-refractivity contribution in [2.45, 2.75) is 6.54 Å². The first-order valence-electron chi connectivity index (χ1n) is 8.17. The second kappa shape index (κ2) is 6.33.